The molecule has 0 aliphatic heterocycles. The molecule has 3 aromatic carbocycles. The van der Waals surface area contributed by atoms with E-state index >= 15 is 0 Å². The first-order valence-electron chi connectivity index (χ1n) is 7.85. The van der Waals surface area contributed by atoms with Gasteiger partial charge in [0.05, 0.1) is 5.02 Å². The predicted octanol–water partition coefficient (Wildman–Crippen LogP) is 6.28. The van der Waals surface area contributed by atoms with Crippen LogP contribution >= 0.6 is 23.2 Å². The van der Waals surface area contributed by atoms with Crippen molar-refractivity contribution in [2.24, 2.45) is 0 Å². The largest absolute Gasteiger partial charge is 0.490 e. The van der Waals surface area contributed by atoms with Crippen LogP contribution in [0.4, 0.5) is 5.69 Å². The number of benzene rings is 3. The Morgan fingerprint density at radius 1 is 0.800 bits per heavy atom. The van der Waals surface area contributed by atoms with Crippen LogP contribution in [0, 0.1) is 0 Å². The van der Waals surface area contributed by atoms with E-state index in [9.17, 15) is 0 Å². The van der Waals surface area contributed by atoms with Gasteiger partial charge in [0.25, 0.3) is 0 Å². The summed E-state index contributed by atoms with van der Waals surface area (Å²) in [5, 5.41) is 4.39. The highest BCUT2D eigenvalue weighted by Gasteiger charge is 2.02. The first-order valence-corrected chi connectivity index (χ1v) is 8.61. The number of nitrogens with one attached hydrogen (secondary N) is 1. The van der Waals surface area contributed by atoms with E-state index in [4.69, 9.17) is 32.7 Å². The Bertz CT molecular complexity index is 808. The number of hydrogen-bond acceptors (Lipinski definition) is 3. The number of hydrogen-bond donors (Lipinski definition) is 1. The quantitative estimate of drug-likeness (QED) is 0.494. The second-order valence-electron chi connectivity index (χ2n) is 5.29. The summed E-state index contributed by atoms with van der Waals surface area (Å²) < 4.78 is 11.4. The van der Waals surface area contributed by atoms with E-state index in [1.165, 1.54) is 0 Å². The van der Waals surface area contributed by atoms with E-state index < -0.39 is 0 Å². The zero-order chi connectivity index (χ0) is 17.5. The molecule has 25 heavy (non-hydrogen) atoms. The first-order chi connectivity index (χ1) is 12.2. The second kappa shape index (κ2) is 8.65. The van der Waals surface area contributed by atoms with Crippen molar-refractivity contribution in [3.63, 3.8) is 0 Å². The van der Waals surface area contributed by atoms with E-state index in [0.29, 0.717) is 28.9 Å². The van der Waals surface area contributed by atoms with Crippen LogP contribution in [0.3, 0.4) is 0 Å². The molecule has 0 atom stereocenters. The van der Waals surface area contributed by atoms with Gasteiger partial charge in [0.1, 0.15) is 23.9 Å². The highest BCUT2D eigenvalue weighted by Crippen LogP contribution is 2.27. The smallest absolute Gasteiger partial charge is 0.138 e. The number of para-hydroxylation sites is 1. The Hall–Kier alpha value is -2.36. The highest BCUT2D eigenvalue weighted by atomic mass is 35.5. The van der Waals surface area contributed by atoms with Crippen LogP contribution in [0.2, 0.25) is 10.0 Å². The molecule has 5 heteroatoms. The van der Waals surface area contributed by atoms with Gasteiger partial charge in [-0.15, -0.1) is 0 Å². The van der Waals surface area contributed by atoms with Gasteiger partial charge in [-0.05, 0) is 54.6 Å². The van der Waals surface area contributed by atoms with Crippen LogP contribution in [0.25, 0.3) is 0 Å². The molecule has 0 saturated heterocycles. The standard InChI is InChI=1S/C20H17Cl2NO2/c21-15-6-11-20(19(22)14-15)24-13-12-23-16-7-9-18(10-8-16)25-17-4-2-1-3-5-17/h1-11,14,23H,12-13H2. The lowest BCUT2D eigenvalue weighted by Crippen LogP contribution is -2.11. The van der Waals surface area contributed by atoms with Crippen molar-refractivity contribution in [3.8, 4) is 17.2 Å². The Morgan fingerprint density at radius 2 is 1.52 bits per heavy atom. The molecular formula is C20H17Cl2NO2. The third-order valence-electron chi connectivity index (χ3n) is 3.42. The molecule has 3 rings (SSSR count). The van der Waals surface area contributed by atoms with E-state index in [1.807, 2.05) is 54.6 Å². The lowest BCUT2D eigenvalue weighted by molar-refractivity contribution is 0.333. The van der Waals surface area contributed by atoms with E-state index in [2.05, 4.69) is 5.32 Å². The average molecular weight is 374 g/mol. The molecule has 0 spiro atoms. The lowest BCUT2D eigenvalue weighted by atomic mass is 10.3. The van der Waals surface area contributed by atoms with Gasteiger partial charge >= 0.3 is 0 Å². The predicted molar refractivity (Wildman–Crippen MR) is 103 cm³/mol. The van der Waals surface area contributed by atoms with Crippen molar-refractivity contribution in [1.82, 2.24) is 0 Å². The monoisotopic (exact) mass is 373 g/mol. The molecule has 0 aliphatic rings. The first kappa shape index (κ1) is 17.5. The molecule has 0 heterocycles. The Balaban J connectivity index is 1.45. The molecule has 0 amide bonds. The number of anilines is 1. The second-order valence-corrected chi connectivity index (χ2v) is 6.13. The minimum absolute atomic E-state index is 0.490. The minimum Gasteiger partial charge on any atom is -0.490 e. The fraction of sp³-hybridized carbons (Fsp3) is 0.100. The maximum Gasteiger partial charge on any atom is 0.138 e. The molecule has 3 aromatic rings. The summed E-state index contributed by atoms with van der Waals surface area (Å²) in [6.07, 6.45) is 0. The normalized spacial score (nSPS) is 10.3. The van der Waals surface area contributed by atoms with Crippen molar-refractivity contribution in [2.75, 3.05) is 18.5 Å². The van der Waals surface area contributed by atoms with Crippen molar-refractivity contribution in [1.29, 1.82) is 0 Å². The zero-order valence-corrected chi connectivity index (χ0v) is 14.9. The minimum atomic E-state index is 0.490. The van der Waals surface area contributed by atoms with E-state index in [1.54, 1.807) is 18.2 Å². The molecule has 3 nitrogen and oxygen atoms in total. The molecular weight excluding hydrogens is 357 g/mol. The van der Waals surface area contributed by atoms with Gasteiger partial charge in [-0.25, -0.2) is 0 Å². The fourth-order valence-corrected chi connectivity index (χ4v) is 2.68. The van der Waals surface area contributed by atoms with Crippen molar-refractivity contribution in [3.05, 3.63) is 82.8 Å². The van der Waals surface area contributed by atoms with Crippen molar-refractivity contribution in [2.45, 2.75) is 0 Å². The van der Waals surface area contributed by atoms with Crippen molar-refractivity contribution < 1.29 is 9.47 Å². The van der Waals surface area contributed by atoms with Crippen LogP contribution in [0.5, 0.6) is 17.2 Å². The molecule has 0 bridgehead atoms. The van der Waals surface area contributed by atoms with Gasteiger partial charge in [0.2, 0.25) is 0 Å². The van der Waals surface area contributed by atoms with Gasteiger partial charge in [0, 0.05) is 17.3 Å². The molecule has 0 saturated carbocycles. The van der Waals surface area contributed by atoms with Gasteiger partial charge in [-0.1, -0.05) is 41.4 Å². The summed E-state index contributed by atoms with van der Waals surface area (Å²) in [5.41, 5.74) is 0.992. The lowest BCUT2D eigenvalue weighted by Gasteiger charge is -2.11. The maximum absolute atomic E-state index is 6.07. The molecule has 0 aliphatic carbocycles. The third kappa shape index (κ3) is 5.31. The Labute approximate surface area is 157 Å². The average Bonchev–Trinajstić information content (AvgIpc) is 2.62. The number of rotatable bonds is 7. The zero-order valence-electron chi connectivity index (χ0n) is 13.4. The summed E-state index contributed by atoms with van der Waals surface area (Å²) in [6, 6.07) is 22.6. The van der Waals surface area contributed by atoms with Crippen LogP contribution < -0.4 is 14.8 Å². The van der Waals surface area contributed by atoms with Gasteiger partial charge < -0.3 is 14.8 Å². The molecule has 0 fully saturated rings. The van der Waals surface area contributed by atoms with Crippen LogP contribution in [-0.2, 0) is 0 Å². The highest BCUT2D eigenvalue weighted by molar-refractivity contribution is 6.35. The summed E-state index contributed by atoms with van der Waals surface area (Å²) in [7, 11) is 0. The third-order valence-corrected chi connectivity index (χ3v) is 3.95. The Kier molecular flexibility index (Phi) is 6.04. The van der Waals surface area contributed by atoms with Crippen molar-refractivity contribution >= 4 is 28.9 Å². The SMILES string of the molecule is Clc1ccc(OCCNc2ccc(Oc3ccccc3)cc2)c(Cl)c1. The van der Waals surface area contributed by atoms with Crippen LogP contribution in [0.15, 0.2) is 72.8 Å². The molecule has 0 aromatic heterocycles. The molecule has 128 valence electrons. The van der Waals surface area contributed by atoms with E-state index in [-0.39, 0.29) is 0 Å². The topological polar surface area (TPSA) is 30.5 Å². The maximum atomic E-state index is 6.07. The fourth-order valence-electron chi connectivity index (χ4n) is 2.21. The van der Waals surface area contributed by atoms with Gasteiger partial charge in [0.15, 0.2) is 0 Å². The summed E-state index contributed by atoms with van der Waals surface area (Å²) in [4.78, 5) is 0. The number of ether oxygens (including phenoxy) is 2. The molecule has 1 N–H and O–H groups in total. The van der Waals surface area contributed by atoms with Crippen LogP contribution in [0.1, 0.15) is 0 Å². The summed E-state index contributed by atoms with van der Waals surface area (Å²) in [5.74, 6) is 2.23. The molecule has 0 unspecified atom stereocenters. The summed E-state index contributed by atoms with van der Waals surface area (Å²) >= 11 is 11.9. The van der Waals surface area contributed by atoms with E-state index in [0.717, 1.165) is 17.2 Å². The molecule has 0 radical (unpaired) electrons. The van der Waals surface area contributed by atoms with Crippen LogP contribution in [-0.4, -0.2) is 13.2 Å². The Morgan fingerprint density at radius 3 is 2.24 bits per heavy atom. The summed E-state index contributed by atoms with van der Waals surface area (Å²) in [6.45, 7) is 1.14. The number of halogens is 2. The van der Waals surface area contributed by atoms with Gasteiger partial charge in [-0.2, -0.15) is 0 Å². The van der Waals surface area contributed by atoms with Gasteiger partial charge in [-0.3, -0.25) is 0 Å².